The number of ether oxygens (including phenoxy) is 1. The largest absolute Gasteiger partial charge is 0.467 e. The number of likely N-dealkylation sites (N-methyl/N-ethyl adjacent to an activating group) is 1. The Hall–Kier alpha value is -1.50. The Labute approximate surface area is 148 Å². The zero-order valence-corrected chi connectivity index (χ0v) is 15.3. The van der Waals surface area contributed by atoms with E-state index in [2.05, 4.69) is 44.2 Å². The second kappa shape index (κ2) is 8.55. The summed E-state index contributed by atoms with van der Waals surface area (Å²) in [6.45, 7) is 7.59. The number of hydrogen-bond acceptors (Lipinski definition) is 6. The Morgan fingerprint density at radius 3 is 2.83 bits per heavy atom. The molecule has 0 bridgehead atoms. The maximum absolute atomic E-state index is 5.05. The minimum Gasteiger partial charge on any atom is -0.467 e. The maximum atomic E-state index is 5.05. The van der Waals surface area contributed by atoms with Crippen molar-refractivity contribution in [3.05, 3.63) is 40.3 Å². The van der Waals surface area contributed by atoms with E-state index < -0.39 is 0 Å². The summed E-state index contributed by atoms with van der Waals surface area (Å²) in [6, 6.07) is 5.43. The van der Waals surface area contributed by atoms with Crippen LogP contribution in [-0.2, 0) is 13.1 Å². The van der Waals surface area contributed by atoms with Crippen LogP contribution in [0.5, 0.6) is 6.01 Å². The molecule has 3 rings (SSSR count). The number of methoxy groups -OCH3 is 1. The zero-order valence-electron chi connectivity index (χ0n) is 14.5. The molecule has 2 aromatic heterocycles. The van der Waals surface area contributed by atoms with E-state index >= 15 is 0 Å². The molecule has 0 amide bonds. The lowest BCUT2D eigenvalue weighted by Gasteiger charge is -2.30. The lowest BCUT2D eigenvalue weighted by molar-refractivity contribution is 0.166. The first-order valence-electron chi connectivity index (χ1n) is 8.62. The molecule has 1 aliphatic heterocycles. The van der Waals surface area contributed by atoms with Crippen LogP contribution in [0.15, 0.2) is 29.9 Å². The van der Waals surface area contributed by atoms with Crippen molar-refractivity contribution in [2.24, 2.45) is 0 Å². The smallest absolute Gasteiger partial charge is 0.316 e. The van der Waals surface area contributed by atoms with Gasteiger partial charge in [-0.25, -0.2) is 9.97 Å². The molecule has 0 aromatic carbocycles. The summed E-state index contributed by atoms with van der Waals surface area (Å²) in [5, 5.41) is 2.15. The van der Waals surface area contributed by atoms with E-state index in [-0.39, 0.29) is 0 Å². The van der Waals surface area contributed by atoms with Gasteiger partial charge >= 0.3 is 6.01 Å². The van der Waals surface area contributed by atoms with Gasteiger partial charge in [0.05, 0.1) is 7.11 Å². The molecule has 1 aliphatic rings. The van der Waals surface area contributed by atoms with Gasteiger partial charge in [-0.2, -0.15) is 0 Å². The highest BCUT2D eigenvalue weighted by atomic mass is 32.1. The van der Waals surface area contributed by atoms with Crippen LogP contribution in [0.1, 0.15) is 30.2 Å². The molecule has 0 radical (unpaired) electrons. The Morgan fingerprint density at radius 2 is 2.17 bits per heavy atom. The summed E-state index contributed by atoms with van der Waals surface area (Å²) in [4.78, 5) is 15.0. The third kappa shape index (κ3) is 4.53. The van der Waals surface area contributed by atoms with Crippen LogP contribution in [0.25, 0.3) is 0 Å². The lowest BCUT2D eigenvalue weighted by Crippen LogP contribution is -2.39. The van der Waals surface area contributed by atoms with Gasteiger partial charge in [-0.05, 0) is 37.4 Å². The second-order valence-corrected chi connectivity index (χ2v) is 7.28. The molecule has 3 heterocycles. The second-order valence-electron chi connectivity index (χ2n) is 6.25. The van der Waals surface area contributed by atoms with Crippen LogP contribution in [0.3, 0.4) is 0 Å². The summed E-state index contributed by atoms with van der Waals surface area (Å²) < 4.78 is 5.05. The molecule has 5 nitrogen and oxygen atoms in total. The van der Waals surface area contributed by atoms with Crippen molar-refractivity contribution >= 4 is 11.3 Å². The molecule has 0 spiro atoms. The molecule has 1 saturated heterocycles. The third-order valence-electron chi connectivity index (χ3n) is 4.60. The Kier molecular flexibility index (Phi) is 6.18. The Morgan fingerprint density at radius 1 is 1.33 bits per heavy atom. The van der Waals surface area contributed by atoms with Gasteiger partial charge in [0.25, 0.3) is 0 Å². The molecular weight excluding hydrogens is 320 g/mol. The molecular formula is C18H26N4OS. The highest BCUT2D eigenvalue weighted by molar-refractivity contribution is 7.09. The lowest BCUT2D eigenvalue weighted by atomic mass is 10.2. The van der Waals surface area contributed by atoms with E-state index in [1.807, 2.05) is 23.7 Å². The van der Waals surface area contributed by atoms with Gasteiger partial charge in [0, 0.05) is 48.5 Å². The first-order chi connectivity index (χ1) is 11.8. The van der Waals surface area contributed by atoms with Gasteiger partial charge in [0.2, 0.25) is 0 Å². The molecule has 0 saturated carbocycles. The zero-order chi connectivity index (χ0) is 16.8. The molecule has 1 atom stereocenters. The van der Waals surface area contributed by atoms with Gasteiger partial charge in [-0.15, -0.1) is 11.3 Å². The summed E-state index contributed by atoms with van der Waals surface area (Å²) in [5.74, 6) is 0. The highest BCUT2D eigenvalue weighted by Crippen LogP contribution is 2.21. The topological polar surface area (TPSA) is 41.5 Å². The van der Waals surface area contributed by atoms with Gasteiger partial charge in [0.15, 0.2) is 0 Å². The molecule has 6 heteroatoms. The van der Waals surface area contributed by atoms with Crippen LogP contribution in [0.4, 0.5) is 0 Å². The molecule has 2 aromatic rings. The molecule has 24 heavy (non-hydrogen) atoms. The molecule has 1 fully saturated rings. The fourth-order valence-corrected chi connectivity index (χ4v) is 4.16. The molecule has 0 N–H and O–H groups in total. The van der Waals surface area contributed by atoms with Crippen LogP contribution in [0, 0.1) is 0 Å². The highest BCUT2D eigenvalue weighted by Gasteiger charge is 2.25. The fourth-order valence-electron chi connectivity index (χ4n) is 3.41. The van der Waals surface area contributed by atoms with Gasteiger partial charge in [0.1, 0.15) is 0 Å². The van der Waals surface area contributed by atoms with Gasteiger partial charge < -0.3 is 4.74 Å². The van der Waals surface area contributed by atoms with Gasteiger partial charge in [-0.1, -0.05) is 13.0 Å². The first kappa shape index (κ1) is 17.3. The summed E-state index contributed by atoms with van der Waals surface area (Å²) >= 11 is 1.83. The van der Waals surface area contributed by atoms with Crippen LogP contribution < -0.4 is 4.74 Å². The van der Waals surface area contributed by atoms with Crippen molar-refractivity contribution in [2.75, 3.05) is 26.7 Å². The number of nitrogens with zero attached hydrogens (tertiary/aromatic N) is 4. The van der Waals surface area contributed by atoms with E-state index in [1.54, 1.807) is 7.11 Å². The van der Waals surface area contributed by atoms with Crippen molar-refractivity contribution in [3.8, 4) is 6.01 Å². The molecule has 1 unspecified atom stereocenters. The van der Waals surface area contributed by atoms with E-state index in [0.29, 0.717) is 12.1 Å². The van der Waals surface area contributed by atoms with E-state index in [1.165, 1.54) is 24.3 Å². The van der Waals surface area contributed by atoms with E-state index in [9.17, 15) is 0 Å². The summed E-state index contributed by atoms with van der Waals surface area (Å²) in [5.41, 5.74) is 1.13. The predicted molar refractivity (Wildman–Crippen MR) is 97.3 cm³/mol. The minimum atomic E-state index is 0.427. The maximum Gasteiger partial charge on any atom is 0.316 e. The SMILES string of the molecule is CCN1CCCC1CN(Cc1cnc(OC)nc1)Cc1cccs1. The standard InChI is InChI=1S/C18H26N4OS/c1-3-22-8-4-6-16(22)13-21(14-17-7-5-9-24-17)12-15-10-19-18(23-2)20-11-15/h5,7,9-11,16H,3-4,6,8,12-14H2,1-2H3. The average Bonchev–Trinajstić information content (AvgIpc) is 3.27. The van der Waals surface area contributed by atoms with Crippen LogP contribution in [-0.4, -0.2) is 52.6 Å². The predicted octanol–water partition coefficient (Wildman–Crippen LogP) is 3.03. The van der Waals surface area contributed by atoms with Crippen molar-refractivity contribution < 1.29 is 4.74 Å². The molecule has 130 valence electrons. The fraction of sp³-hybridized carbons (Fsp3) is 0.556. The van der Waals surface area contributed by atoms with Crippen molar-refractivity contribution in [1.29, 1.82) is 0 Å². The number of likely N-dealkylation sites (tertiary alicyclic amines) is 1. The molecule has 0 aliphatic carbocycles. The minimum absolute atomic E-state index is 0.427. The number of thiophene rings is 1. The van der Waals surface area contributed by atoms with E-state index in [4.69, 9.17) is 4.74 Å². The average molecular weight is 347 g/mol. The first-order valence-corrected chi connectivity index (χ1v) is 9.50. The number of rotatable bonds is 8. The summed E-state index contributed by atoms with van der Waals surface area (Å²) in [7, 11) is 1.59. The third-order valence-corrected chi connectivity index (χ3v) is 5.47. The van der Waals surface area contributed by atoms with Crippen molar-refractivity contribution in [2.45, 2.75) is 38.9 Å². The summed E-state index contributed by atoms with van der Waals surface area (Å²) in [6.07, 6.45) is 6.36. The number of aromatic nitrogens is 2. The van der Waals surface area contributed by atoms with Crippen molar-refractivity contribution in [3.63, 3.8) is 0 Å². The van der Waals surface area contributed by atoms with Crippen LogP contribution >= 0.6 is 11.3 Å². The van der Waals surface area contributed by atoms with Crippen LogP contribution in [0.2, 0.25) is 0 Å². The number of hydrogen-bond donors (Lipinski definition) is 0. The van der Waals surface area contributed by atoms with Crippen molar-refractivity contribution in [1.82, 2.24) is 19.8 Å². The quantitative estimate of drug-likeness (QED) is 0.735. The van der Waals surface area contributed by atoms with E-state index in [0.717, 1.165) is 31.7 Å². The normalized spacial score (nSPS) is 18.4. The Balaban J connectivity index is 1.68. The van der Waals surface area contributed by atoms with Gasteiger partial charge in [-0.3, -0.25) is 9.80 Å². The monoisotopic (exact) mass is 346 g/mol. The Bertz CT molecular complexity index is 602.